The third-order valence-corrected chi connectivity index (χ3v) is 7.34. The van der Waals surface area contributed by atoms with E-state index in [4.69, 9.17) is 4.74 Å². The fourth-order valence-electron chi connectivity index (χ4n) is 5.09. The summed E-state index contributed by atoms with van der Waals surface area (Å²) in [4.78, 5) is 46.9. The Kier molecular flexibility index (Phi) is 6.45. The molecule has 1 atom stereocenters. The smallest absolute Gasteiger partial charge is 0.410 e. The molecule has 5 rings (SSSR count). The third kappa shape index (κ3) is 4.75. The van der Waals surface area contributed by atoms with Crippen molar-refractivity contribution in [3.8, 4) is 0 Å². The number of rotatable bonds is 1. The SMILES string of the molecule is CN(C(=O)N1Cc2ccc(Br)cc2C1)C1CN(C(=O)OC(C)(C)C)Cc2[nH]c(=O)c3cc(F)c(F)cc3c21. The molecule has 2 aliphatic rings. The molecule has 2 aromatic carbocycles. The van der Waals surface area contributed by atoms with Crippen LogP contribution in [0.1, 0.15) is 49.2 Å². The molecule has 2 aliphatic heterocycles. The van der Waals surface area contributed by atoms with Gasteiger partial charge >= 0.3 is 12.1 Å². The number of carbonyl (C=O) groups is 2. The molecule has 0 saturated heterocycles. The minimum absolute atomic E-state index is 0.0177. The van der Waals surface area contributed by atoms with Crippen LogP contribution in [0, 0.1) is 11.6 Å². The van der Waals surface area contributed by atoms with E-state index in [1.165, 1.54) is 9.80 Å². The van der Waals surface area contributed by atoms with Crippen molar-refractivity contribution in [2.45, 2.75) is 52.0 Å². The normalized spacial score (nSPS) is 16.9. The maximum absolute atomic E-state index is 14.4. The van der Waals surface area contributed by atoms with Crippen LogP contribution in [0.15, 0.2) is 39.6 Å². The number of ether oxygens (including phenoxy) is 1. The number of H-pyrrole nitrogens is 1. The van der Waals surface area contributed by atoms with E-state index in [1.54, 1.807) is 32.7 Å². The van der Waals surface area contributed by atoms with Crippen molar-refractivity contribution in [1.29, 1.82) is 0 Å². The fraction of sp³-hybridized carbons (Fsp3) is 0.370. The van der Waals surface area contributed by atoms with Gasteiger partial charge in [0, 0.05) is 42.4 Å². The van der Waals surface area contributed by atoms with Crippen molar-refractivity contribution in [1.82, 2.24) is 19.7 Å². The van der Waals surface area contributed by atoms with E-state index < -0.39 is 34.9 Å². The largest absolute Gasteiger partial charge is 0.444 e. The second kappa shape index (κ2) is 9.37. The van der Waals surface area contributed by atoms with Gasteiger partial charge in [0.05, 0.1) is 18.0 Å². The molecule has 3 heterocycles. The van der Waals surface area contributed by atoms with Gasteiger partial charge in [0.2, 0.25) is 0 Å². The molecule has 0 radical (unpaired) electrons. The maximum Gasteiger partial charge on any atom is 0.410 e. The highest BCUT2D eigenvalue weighted by Gasteiger charge is 2.38. The zero-order chi connectivity index (χ0) is 27.5. The van der Waals surface area contributed by atoms with Gasteiger partial charge in [0.25, 0.3) is 5.56 Å². The summed E-state index contributed by atoms with van der Waals surface area (Å²) in [5.41, 5.74) is 1.48. The van der Waals surface area contributed by atoms with Crippen molar-refractivity contribution in [2.75, 3.05) is 13.6 Å². The highest BCUT2D eigenvalue weighted by Crippen LogP contribution is 2.37. The van der Waals surface area contributed by atoms with Crippen molar-refractivity contribution in [2.24, 2.45) is 0 Å². The lowest BCUT2D eigenvalue weighted by molar-refractivity contribution is 0.0153. The van der Waals surface area contributed by atoms with Crippen LogP contribution in [0.3, 0.4) is 0 Å². The molecule has 3 aromatic rings. The number of amides is 3. The monoisotopic (exact) mass is 588 g/mol. The van der Waals surface area contributed by atoms with Gasteiger partial charge in [-0.05, 0) is 61.5 Å². The van der Waals surface area contributed by atoms with Crippen LogP contribution >= 0.6 is 15.9 Å². The Bertz CT molecular complexity index is 1530. The summed E-state index contributed by atoms with van der Waals surface area (Å²) in [6.45, 7) is 6.06. The molecule has 200 valence electrons. The summed E-state index contributed by atoms with van der Waals surface area (Å²) in [7, 11) is 1.60. The molecule has 0 spiro atoms. The van der Waals surface area contributed by atoms with Gasteiger partial charge in [0.15, 0.2) is 11.6 Å². The van der Waals surface area contributed by atoms with Crippen LogP contribution in [0.4, 0.5) is 18.4 Å². The number of nitrogens with zero attached hydrogens (tertiary/aromatic N) is 3. The van der Waals surface area contributed by atoms with Crippen LogP contribution in [0.2, 0.25) is 0 Å². The zero-order valence-electron chi connectivity index (χ0n) is 21.4. The highest BCUT2D eigenvalue weighted by atomic mass is 79.9. The van der Waals surface area contributed by atoms with Crippen LogP contribution in [0.25, 0.3) is 10.8 Å². The standard InChI is InChI=1S/C27H27BrF2N4O4/c1-27(2,3)38-26(37)34-12-21-23(17-8-19(29)20(30)9-18(17)24(35)31-21)22(13-34)32(4)25(36)33-10-14-5-6-16(28)7-15(14)11-33/h5-9,22H,10-13H2,1-4H3,(H,31,35). The van der Waals surface area contributed by atoms with Gasteiger partial charge in [-0.25, -0.2) is 18.4 Å². The first-order valence-corrected chi connectivity index (χ1v) is 12.9. The number of aromatic nitrogens is 1. The minimum atomic E-state index is -1.14. The predicted molar refractivity (Wildman–Crippen MR) is 140 cm³/mol. The lowest BCUT2D eigenvalue weighted by Crippen LogP contribution is -2.49. The van der Waals surface area contributed by atoms with Crippen molar-refractivity contribution in [3.63, 3.8) is 0 Å². The van der Waals surface area contributed by atoms with Crippen molar-refractivity contribution in [3.05, 3.63) is 79.2 Å². The molecular weight excluding hydrogens is 562 g/mol. The Labute approximate surface area is 226 Å². The average molecular weight is 589 g/mol. The fourth-order valence-corrected chi connectivity index (χ4v) is 5.50. The van der Waals surface area contributed by atoms with Crippen LogP contribution in [-0.4, -0.2) is 51.0 Å². The Hall–Kier alpha value is -3.47. The van der Waals surface area contributed by atoms with E-state index >= 15 is 0 Å². The molecule has 0 saturated carbocycles. The Morgan fingerprint density at radius 3 is 2.37 bits per heavy atom. The predicted octanol–water partition coefficient (Wildman–Crippen LogP) is 5.43. The van der Waals surface area contributed by atoms with Crippen molar-refractivity contribution >= 4 is 38.8 Å². The minimum Gasteiger partial charge on any atom is -0.444 e. The van der Waals surface area contributed by atoms with Crippen LogP contribution in [-0.2, 0) is 24.4 Å². The molecule has 1 aromatic heterocycles. The number of likely N-dealkylation sites (N-methyl/N-ethyl adjacent to an activating group) is 1. The molecule has 0 bridgehead atoms. The van der Waals surface area contributed by atoms with Gasteiger partial charge in [0.1, 0.15) is 5.60 Å². The number of hydrogen-bond acceptors (Lipinski definition) is 4. The second-order valence-electron chi connectivity index (χ2n) is 10.7. The quantitative estimate of drug-likeness (QED) is 0.411. The van der Waals surface area contributed by atoms with Gasteiger partial charge in [-0.2, -0.15) is 0 Å². The summed E-state index contributed by atoms with van der Waals surface area (Å²) < 4.78 is 34.9. The van der Waals surface area contributed by atoms with E-state index in [0.717, 1.165) is 27.7 Å². The second-order valence-corrected chi connectivity index (χ2v) is 11.6. The molecule has 0 fully saturated rings. The lowest BCUT2D eigenvalue weighted by Gasteiger charge is -2.40. The van der Waals surface area contributed by atoms with Crippen LogP contribution in [0.5, 0.6) is 0 Å². The molecule has 8 nitrogen and oxygen atoms in total. The number of carbonyl (C=O) groups excluding carboxylic acids is 2. The number of aromatic amines is 1. The van der Waals surface area contributed by atoms with Gasteiger partial charge in [-0.3, -0.25) is 9.69 Å². The summed E-state index contributed by atoms with van der Waals surface area (Å²) in [5, 5.41) is 0.169. The Morgan fingerprint density at radius 1 is 1.03 bits per heavy atom. The molecule has 11 heteroatoms. The molecule has 1 unspecified atom stereocenters. The highest BCUT2D eigenvalue weighted by molar-refractivity contribution is 9.10. The van der Waals surface area contributed by atoms with Crippen molar-refractivity contribution < 1.29 is 23.1 Å². The number of halogens is 3. The first-order chi connectivity index (χ1) is 17.8. The number of hydrogen-bond donors (Lipinski definition) is 1. The Balaban J connectivity index is 1.57. The number of benzene rings is 2. The van der Waals surface area contributed by atoms with E-state index in [-0.39, 0.29) is 29.9 Å². The Morgan fingerprint density at radius 2 is 1.68 bits per heavy atom. The lowest BCUT2D eigenvalue weighted by atomic mass is 9.93. The van der Waals surface area contributed by atoms with E-state index in [1.807, 2.05) is 18.2 Å². The molecule has 1 N–H and O–H groups in total. The third-order valence-electron chi connectivity index (χ3n) is 6.84. The summed E-state index contributed by atoms with van der Waals surface area (Å²) in [6.07, 6.45) is -0.612. The number of nitrogens with one attached hydrogen (secondary N) is 1. The van der Waals surface area contributed by atoms with E-state index in [9.17, 15) is 23.2 Å². The number of pyridine rings is 1. The van der Waals surface area contributed by atoms with Gasteiger partial charge in [-0.1, -0.05) is 22.0 Å². The summed E-state index contributed by atoms with van der Waals surface area (Å²) in [5.74, 6) is -2.25. The molecule has 3 amide bonds. The summed E-state index contributed by atoms with van der Waals surface area (Å²) >= 11 is 3.46. The number of fused-ring (bicyclic) bond motifs is 4. The van der Waals surface area contributed by atoms with Gasteiger partial charge in [-0.15, -0.1) is 0 Å². The average Bonchev–Trinajstić information content (AvgIpc) is 3.25. The first kappa shape index (κ1) is 26.1. The zero-order valence-corrected chi connectivity index (χ0v) is 23.0. The van der Waals surface area contributed by atoms with Gasteiger partial charge < -0.3 is 19.5 Å². The summed E-state index contributed by atoms with van der Waals surface area (Å²) in [6, 6.07) is 6.62. The van der Waals surface area contributed by atoms with E-state index in [0.29, 0.717) is 24.3 Å². The maximum atomic E-state index is 14.4. The molecule has 0 aliphatic carbocycles. The van der Waals surface area contributed by atoms with E-state index in [2.05, 4.69) is 20.9 Å². The first-order valence-electron chi connectivity index (χ1n) is 12.1. The van der Waals surface area contributed by atoms with Crippen LogP contribution < -0.4 is 5.56 Å². The topological polar surface area (TPSA) is 85.9 Å². The molecular formula is C27H27BrF2N4O4. The molecule has 38 heavy (non-hydrogen) atoms. The number of urea groups is 1.